The Morgan fingerprint density at radius 2 is 2.26 bits per heavy atom. The fourth-order valence-electron chi connectivity index (χ4n) is 2.34. The normalized spacial score (nSPS) is 18.0. The molecule has 0 saturated heterocycles. The van der Waals surface area contributed by atoms with Gasteiger partial charge in [-0.3, -0.25) is 0 Å². The van der Waals surface area contributed by atoms with Crippen molar-refractivity contribution in [2.24, 2.45) is 5.73 Å². The van der Waals surface area contributed by atoms with Crippen molar-refractivity contribution < 1.29 is 14.3 Å². The van der Waals surface area contributed by atoms with Crippen LogP contribution in [0.15, 0.2) is 18.2 Å². The van der Waals surface area contributed by atoms with E-state index in [2.05, 4.69) is 0 Å². The van der Waals surface area contributed by atoms with Gasteiger partial charge in [-0.05, 0) is 56.4 Å². The van der Waals surface area contributed by atoms with Crippen molar-refractivity contribution in [2.45, 2.75) is 45.3 Å². The van der Waals surface area contributed by atoms with Crippen LogP contribution >= 0.6 is 0 Å². The zero-order chi connectivity index (χ0) is 13.8. The number of carbonyl (C=O) groups is 1. The summed E-state index contributed by atoms with van der Waals surface area (Å²) in [6.07, 6.45) is 3.09. The minimum absolute atomic E-state index is 0.0633. The lowest BCUT2D eigenvalue weighted by atomic mass is 9.88. The molecule has 1 aliphatic carbocycles. The second-order valence-corrected chi connectivity index (χ2v) is 5.19. The van der Waals surface area contributed by atoms with E-state index in [9.17, 15) is 4.79 Å². The minimum Gasteiger partial charge on any atom is -0.482 e. The highest BCUT2D eigenvalue weighted by atomic mass is 16.6. The van der Waals surface area contributed by atoms with E-state index in [4.69, 9.17) is 15.2 Å². The van der Waals surface area contributed by atoms with Gasteiger partial charge in [0.25, 0.3) is 0 Å². The Hall–Kier alpha value is -1.55. The molecule has 1 atom stereocenters. The van der Waals surface area contributed by atoms with Crippen LogP contribution in [0.5, 0.6) is 5.75 Å². The average molecular weight is 263 g/mol. The van der Waals surface area contributed by atoms with E-state index >= 15 is 0 Å². The Morgan fingerprint density at radius 1 is 1.47 bits per heavy atom. The lowest BCUT2D eigenvalue weighted by molar-refractivity contribution is -0.149. The molecule has 1 aliphatic rings. The van der Waals surface area contributed by atoms with E-state index in [0.717, 1.165) is 24.8 Å². The van der Waals surface area contributed by atoms with Gasteiger partial charge in [-0.2, -0.15) is 0 Å². The maximum atomic E-state index is 11.4. The number of esters is 1. The van der Waals surface area contributed by atoms with E-state index < -0.39 is 0 Å². The molecule has 0 radical (unpaired) electrons. The van der Waals surface area contributed by atoms with Crippen LogP contribution in [-0.4, -0.2) is 18.7 Å². The number of nitrogens with two attached hydrogens (primary N) is 1. The molecule has 1 aromatic rings. The van der Waals surface area contributed by atoms with Crippen molar-refractivity contribution in [3.05, 3.63) is 29.3 Å². The van der Waals surface area contributed by atoms with Crippen molar-refractivity contribution in [2.75, 3.05) is 6.61 Å². The lowest BCUT2D eigenvalue weighted by Gasteiger charge is -2.22. The smallest absolute Gasteiger partial charge is 0.344 e. The summed E-state index contributed by atoms with van der Waals surface area (Å²) in [6, 6.07) is 5.95. The predicted octanol–water partition coefficient (Wildman–Crippen LogP) is 2.35. The molecular formula is C15H21NO3. The second kappa shape index (κ2) is 6.06. The molecule has 2 rings (SSSR count). The second-order valence-electron chi connectivity index (χ2n) is 5.19. The van der Waals surface area contributed by atoms with Gasteiger partial charge in [0.15, 0.2) is 6.61 Å². The van der Waals surface area contributed by atoms with Gasteiger partial charge in [-0.15, -0.1) is 0 Å². The summed E-state index contributed by atoms with van der Waals surface area (Å²) < 4.78 is 10.5. The molecule has 0 aliphatic heterocycles. The number of aryl methyl sites for hydroxylation is 1. The molecule has 0 amide bonds. The summed E-state index contributed by atoms with van der Waals surface area (Å²) in [5.74, 6) is 0.328. The zero-order valence-corrected chi connectivity index (χ0v) is 11.5. The fourth-order valence-corrected chi connectivity index (χ4v) is 2.34. The van der Waals surface area contributed by atoms with Crippen molar-refractivity contribution in [3.8, 4) is 5.75 Å². The van der Waals surface area contributed by atoms with Crippen molar-refractivity contribution in [1.29, 1.82) is 0 Å². The van der Waals surface area contributed by atoms with Crippen LogP contribution in [0, 0.1) is 0 Å². The number of ether oxygens (including phenoxy) is 2. The highest BCUT2D eigenvalue weighted by Crippen LogP contribution is 2.30. The van der Waals surface area contributed by atoms with Crippen LogP contribution in [0.2, 0.25) is 0 Å². The van der Waals surface area contributed by atoms with E-state index in [1.807, 2.05) is 32.0 Å². The number of rotatable bonds is 4. The third kappa shape index (κ3) is 3.70. The van der Waals surface area contributed by atoms with Gasteiger partial charge < -0.3 is 15.2 Å². The highest BCUT2D eigenvalue weighted by Gasteiger charge is 2.17. The van der Waals surface area contributed by atoms with Gasteiger partial charge in [-0.1, -0.05) is 6.07 Å². The first-order valence-electron chi connectivity index (χ1n) is 6.77. The molecule has 19 heavy (non-hydrogen) atoms. The van der Waals surface area contributed by atoms with Crippen LogP contribution in [-0.2, 0) is 16.0 Å². The molecule has 0 aromatic heterocycles. The van der Waals surface area contributed by atoms with Crippen LogP contribution in [0.4, 0.5) is 0 Å². The number of fused-ring (bicyclic) bond motifs is 1. The summed E-state index contributed by atoms with van der Waals surface area (Å²) in [6.45, 7) is 3.57. The van der Waals surface area contributed by atoms with E-state index in [1.54, 1.807) is 0 Å². The number of hydrogen-bond acceptors (Lipinski definition) is 4. The molecule has 1 aromatic carbocycles. The Labute approximate surface area is 113 Å². The van der Waals surface area contributed by atoms with Gasteiger partial charge in [0.1, 0.15) is 5.75 Å². The number of benzene rings is 1. The Morgan fingerprint density at radius 3 is 3.00 bits per heavy atom. The summed E-state index contributed by atoms with van der Waals surface area (Å²) in [5.41, 5.74) is 8.52. The molecule has 0 saturated carbocycles. The maximum absolute atomic E-state index is 11.4. The highest BCUT2D eigenvalue weighted by molar-refractivity contribution is 5.71. The first-order valence-corrected chi connectivity index (χ1v) is 6.77. The Bertz CT molecular complexity index is 457. The van der Waals surface area contributed by atoms with Crippen LogP contribution < -0.4 is 10.5 Å². The van der Waals surface area contributed by atoms with Gasteiger partial charge >= 0.3 is 5.97 Å². The van der Waals surface area contributed by atoms with Gasteiger partial charge in [-0.25, -0.2) is 4.79 Å². The van der Waals surface area contributed by atoms with Gasteiger partial charge in [0.2, 0.25) is 0 Å². The standard InChI is InChI=1S/C15H21NO3/c1-10(2)19-15(17)9-18-12-7-6-11-4-3-5-14(16)13(11)8-12/h6-8,10,14H,3-5,9,16H2,1-2H3. The van der Waals surface area contributed by atoms with Crippen LogP contribution in [0.25, 0.3) is 0 Å². The topological polar surface area (TPSA) is 61.5 Å². The Kier molecular flexibility index (Phi) is 4.43. The molecule has 0 fully saturated rings. The number of hydrogen-bond donors (Lipinski definition) is 1. The predicted molar refractivity (Wildman–Crippen MR) is 73.0 cm³/mol. The van der Waals surface area contributed by atoms with Crippen LogP contribution in [0.3, 0.4) is 0 Å². The van der Waals surface area contributed by atoms with Gasteiger partial charge in [0.05, 0.1) is 6.10 Å². The largest absolute Gasteiger partial charge is 0.482 e. The van der Waals surface area contributed by atoms with E-state index in [0.29, 0.717) is 5.75 Å². The summed E-state index contributed by atoms with van der Waals surface area (Å²) in [5, 5.41) is 0. The lowest BCUT2D eigenvalue weighted by Crippen LogP contribution is -2.20. The Balaban J connectivity index is 1.98. The van der Waals surface area contributed by atoms with E-state index in [-0.39, 0.29) is 24.7 Å². The molecular weight excluding hydrogens is 242 g/mol. The summed E-state index contributed by atoms with van der Waals surface area (Å²) in [7, 11) is 0. The minimum atomic E-state index is -0.350. The SMILES string of the molecule is CC(C)OC(=O)COc1ccc2c(c1)C(N)CCC2. The fraction of sp³-hybridized carbons (Fsp3) is 0.533. The van der Waals surface area contributed by atoms with Crippen LogP contribution in [0.1, 0.15) is 43.9 Å². The zero-order valence-electron chi connectivity index (χ0n) is 11.5. The summed E-state index contributed by atoms with van der Waals surface area (Å²) in [4.78, 5) is 11.4. The monoisotopic (exact) mass is 263 g/mol. The quantitative estimate of drug-likeness (QED) is 0.847. The van der Waals surface area contributed by atoms with Gasteiger partial charge in [0, 0.05) is 6.04 Å². The molecule has 0 spiro atoms. The average Bonchev–Trinajstić information content (AvgIpc) is 2.36. The molecule has 1 unspecified atom stereocenters. The molecule has 4 nitrogen and oxygen atoms in total. The van der Waals surface area contributed by atoms with Crippen molar-refractivity contribution in [1.82, 2.24) is 0 Å². The number of carbonyl (C=O) groups excluding carboxylic acids is 1. The maximum Gasteiger partial charge on any atom is 0.344 e. The third-order valence-electron chi connectivity index (χ3n) is 3.20. The first-order chi connectivity index (χ1) is 9.06. The molecule has 104 valence electrons. The molecule has 2 N–H and O–H groups in total. The molecule has 0 heterocycles. The third-order valence-corrected chi connectivity index (χ3v) is 3.20. The molecule has 0 bridgehead atoms. The molecule has 4 heteroatoms. The summed E-state index contributed by atoms with van der Waals surface area (Å²) >= 11 is 0. The van der Waals surface area contributed by atoms with E-state index in [1.165, 1.54) is 5.56 Å². The van der Waals surface area contributed by atoms with Crippen molar-refractivity contribution >= 4 is 5.97 Å². The first kappa shape index (κ1) is 13.9. The van der Waals surface area contributed by atoms with Crippen molar-refractivity contribution in [3.63, 3.8) is 0 Å².